The van der Waals surface area contributed by atoms with Crippen LogP contribution < -0.4 is 4.74 Å². The van der Waals surface area contributed by atoms with Gasteiger partial charge in [-0.15, -0.1) is 0 Å². The van der Waals surface area contributed by atoms with Crippen molar-refractivity contribution in [1.29, 1.82) is 0 Å². The summed E-state index contributed by atoms with van der Waals surface area (Å²) in [6.07, 6.45) is -0.598. The summed E-state index contributed by atoms with van der Waals surface area (Å²) < 4.78 is 19.0. The molecule has 1 N–H and O–H groups in total. The smallest absolute Gasteiger partial charge is 0.125 e. The van der Waals surface area contributed by atoms with Crippen LogP contribution >= 0.6 is 0 Å². The molecule has 0 heterocycles. The molecule has 20 heavy (non-hydrogen) atoms. The first kappa shape index (κ1) is 14.5. The third-order valence-electron chi connectivity index (χ3n) is 3.31. The predicted octanol–water partition coefficient (Wildman–Crippen LogP) is 4.07. The fourth-order valence-corrected chi connectivity index (χ4v) is 2.06. The van der Waals surface area contributed by atoms with Crippen molar-refractivity contribution in [1.82, 2.24) is 0 Å². The van der Waals surface area contributed by atoms with Crippen molar-refractivity contribution in [3.8, 4) is 5.75 Å². The summed E-state index contributed by atoms with van der Waals surface area (Å²) in [4.78, 5) is 0. The molecule has 0 aliphatic rings. The molecule has 106 valence electrons. The predicted molar refractivity (Wildman–Crippen MR) is 77.3 cm³/mol. The van der Waals surface area contributed by atoms with E-state index in [9.17, 15) is 9.50 Å². The van der Waals surface area contributed by atoms with Crippen LogP contribution in [0.25, 0.3) is 0 Å². The zero-order chi connectivity index (χ0) is 14.7. The molecule has 2 rings (SSSR count). The Balaban J connectivity index is 2.22. The molecule has 2 aromatic carbocycles. The Morgan fingerprint density at radius 2 is 1.90 bits per heavy atom. The maximum absolute atomic E-state index is 13.2. The molecule has 2 aromatic rings. The molecular formula is C17H19FO2. The van der Waals surface area contributed by atoms with Gasteiger partial charge in [-0.25, -0.2) is 4.39 Å². The molecule has 0 saturated heterocycles. The number of rotatable bonds is 4. The molecule has 2 nitrogen and oxygen atoms in total. The lowest BCUT2D eigenvalue weighted by Crippen LogP contribution is -2.03. The third-order valence-corrected chi connectivity index (χ3v) is 3.31. The Morgan fingerprint density at radius 3 is 2.60 bits per heavy atom. The second-order valence-corrected chi connectivity index (χ2v) is 5.08. The van der Waals surface area contributed by atoms with Crippen LogP contribution in [0.1, 0.15) is 35.3 Å². The number of aryl methyl sites for hydroxylation is 2. The van der Waals surface area contributed by atoms with Crippen LogP contribution in [-0.4, -0.2) is 5.11 Å². The second kappa shape index (κ2) is 6.06. The number of aliphatic hydroxyl groups is 1. The lowest BCUT2D eigenvalue weighted by atomic mass is 10.1. The van der Waals surface area contributed by atoms with E-state index in [1.165, 1.54) is 12.1 Å². The zero-order valence-electron chi connectivity index (χ0n) is 12.0. The van der Waals surface area contributed by atoms with E-state index in [1.807, 2.05) is 32.0 Å². The van der Waals surface area contributed by atoms with E-state index < -0.39 is 6.10 Å². The molecule has 0 saturated carbocycles. The highest BCUT2D eigenvalue weighted by Crippen LogP contribution is 2.27. The summed E-state index contributed by atoms with van der Waals surface area (Å²) in [6, 6.07) is 10.3. The molecule has 0 unspecified atom stereocenters. The topological polar surface area (TPSA) is 29.5 Å². The number of benzene rings is 2. The van der Waals surface area contributed by atoms with Crippen LogP contribution in [0.2, 0.25) is 0 Å². The van der Waals surface area contributed by atoms with Crippen molar-refractivity contribution in [3.63, 3.8) is 0 Å². The van der Waals surface area contributed by atoms with Crippen molar-refractivity contribution in [3.05, 3.63) is 64.5 Å². The molecule has 0 aromatic heterocycles. The normalized spacial score (nSPS) is 12.2. The van der Waals surface area contributed by atoms with E-state index in [-0.39, 0.29) is 12.4 Å². The molecule has 1 atom stereocenters. The molecule has 0 amide bonds. The highest BCUT2D eigenvalue weighted by molar-refractivity contribution is 5.39. The van der Waals surface area contributed by atoms with E-state index in [2.05, 4.69) is 0 Å². The van der Waals surface area contributed by atoms with Crippen LogP contribution in [0.4, 0.5) is 4.39 Å². The number of hydrogen-bond acceptors (Lipinski definition) is 2. The molecule has 0 radical (unpaired) electrons. The standard InChI is InChI=1S/C17H19FO2/c1-11-4-7-16(13(3)19)17(8-11)20-10-14-9-15(18)6-5-12(14)2/h4-9,13,19H,10H2,1-3H3/t13-/m1/s1. The fraction of sp³-hybridized carbons (Fsp3) is 0.294. The quantitative estimate of drug-likeness (QED) is 0.910. The summed E-state index contributed by atoms with van der Waals surface area (Å²) in [5, 5.41) is 9.75. The largest absolute Gasteiger partial charge is 0.489 e. The van der Waals surface area contributed by atoms with Gasteiger partial charge >= 0.3 is 0 Å². The first-order valence-corrected chi connectivity index (χ1v) is 6.64. The van der Waals surface area contributed by atoms with Crippen LogP contribution in [0.3, 0.4) is 0 Å². The van der Waals surface area contributed by atoms with Crippen LogP contribution in [-0.2, 0) is 6.61 Å². The van der Waals surface area contributed by atoms with Crippen molar-refractivity contribution in [2.24, 2.45) is 0 Å². The molecule has 0 spiro atoms. The van der Waals surface area contributed by atoms with Crippen molar-refractivity contribution in [2.75, 3.05) is 0 Å². The highest BCUT2D eigenvalue weighted by Gasteiger charge is 2.10. The van der Waals surface area contributed by atoms with Gasteiger partial charge in [-0.1, -0.05) is 18.2 Å². The average Bonchev–Trinajstić information content (AvgIpc) is 2.39. The van der Waals surface area contributed by atoms with E-state index in [1.54, 1.807) is 13.0 Å². The highest BCUT2D eigenvalue weighted by atomic mass is 19.1. The van der Waals surface area contributed by atoms with Gasteiger partial charge in [-0.05, 0) is 55.7 Å². The SMILES string of the molecule is Cc1ccc([C@@H](C)O)c(OCc2cc(F)ccc2C)c1. The Kier molecular flexibility index (Phi) is 4.40. The van der Waals surface area contributed by atoms with Crippen molar-refractivity contribution < 1.29 is 14.2 Å². The van der Waals surface area contributed by atoms with Gasteiger partial charge in [0.15, 0.2) is 0 Å². The van der Waals surface area contributed by atoms with Gasteiger partial charge in [0.1, 0.15) is 18.2 Å². The minimum atomic E-state index is -0.598. The molecule has 3 heteroatoms. The van der Waals surface area contributed by atoms with Crippen molar-refractivity contribution in [2.45, 2.75) is 33.5 Å². The number of hydrogen-bond donors (Lipinski definition) is 1. The van der Waals surface area contributed by atoms with Crippen LogP contribution in [0, 0.1) is 19.7 Å². The van der Waals surface area contributed by atoms with E-state index in [0.29, 0.717) is 5.75 Å². The van der Waals surface area contributed by atoms with Crippen LogP contribution in [0.15, 0.2) is 36.4 Å². The van der Waals surface area contributed by atoms with E-state index >= 15 is 0 Å². The van der Waals surface area contributed by atoms with E-state index in [4.69, 9.17) is 4.74 Å². The van der Waals surface area contributed by atoms with Crippen molar-refractivity contribution >= 4 is 0 Å². The Hall–Kier alpha value is -1.87. The number of ether oxygens (including phenoxy) is 1. The third kappa shape index (κ3) is 3.36. The summed E-state index contributed by atoms with van der Waals surface area (Å²) in [7, 11) is 0. The average molecular weight is 274 g/mol. The monoisotopic (exact) mass is 274 g/mol. The summed E-state index contributed by atoms with van der Waals surface area (Å²) >= 11 is 0. The summed E-state index contributed by atoms with van der Waals surface area (Å²) in [5.74, 6) is 0.373. The molecule has 0 aliphatic carbocycles. The summed E-state index contributed by atoms with van der Waals surface area (Å²) in [6.45, 7) is 5.87. The maximum atomic E-state index is 13.2. The zero-order valence-corrected chi connectivity index (χ0v) is 12.0. The number of aliphatic hydroxyl groups excluding tert-OH is 1. The molecule has 0 bridgehead atoms. The van der Waals surface area contributed by atoms with Gasteiger partial charge in [0.25, 0.3) is 0 Å². The molecule has 0 fully saturated rings. The first-order chi connectivity index (χ1) is 9.47. The second-order valence-electron chi connectivity index (χ2n) is 5.08. The number of halogens is 1. The van der Waals surface area contributed by atoms with Gasteiger partial charge < -0.3 is 9.84 Å². The minimum absolute atomic E-state index is 0.269. The van der Waals surface area contributed by atoms with Gasteiger partial charge in [-0.3, -0.25) is 0 Å². The fourth-order valence-electron chi connectivity index (χ4n) is 2.06. The Labute approximate surface area is 118 Å². The maximum Gasteiger partial charge on any atom is 0.125 e. The minimum Gasteiger partial charge on any atom is -0.489 e. The van der Waals surface area contributed by atoms with Crippen LogP contribution in [0.5, 0.6) is 5.75 Å². The van der Waals surface area contributed by atoms with E-state index in [0.717, 1.165) is 22.3 Å². The summed E-state index contributed by atoms with van der Waals surface area (Å²) in [5.41, 5.74) is 3.59. The Morgan fingerprint density at radius 1 is 1.15 bits per heavy atom. The molecular weight excluding hydrogens is 255 g/mol. The van der Waals surface area contributed by atoms with Gasteiger partial charge in [0.2, 0.25) is 0 Å². The van der Waals surface area contributed by atoms with Gasteiger partial charge in [0.05, 0.1) is 6.10 Å². The lowest BCUT2D eigenvalue weighted by molar-refractivity contribution is 0.190. The first-order valence-electron chi connectivity index (χ1n) is 6.64. The van der Waals surface area contributed by atoms with Gasteiger partial charge in [0, 0.05) is 5.56 Å². The Bertz CT molecular complexity index is 606. The van der Waals surface area contributed by atoms with Gasteiger partial charge in [-0.2, -0.15) is 0 Å². The lowest BCUT2D eigenvalue weighted by Gasteiger charge is -2.15. The molecule has 0 aliphatic heterocycles.